The highest BCUT2D eigenvalue weighted by molar-refractivity contribution is 9.11. The first kappa shape index (κ1) is 14.2. The number of rotatable bonds is 7. The number of hydrogen-bond acceptors (Lipinski definition) is 3. The maximum Gasteiger partial charge on any atom is 0.0701 e. The molecule has 1 aromatic rings. The zero-order chi connectivity index (χ0) is 12.0. The molecule has 2 nitrogen and oxygen atoms in total. The molecular weight excluding hydrogens is 286 g/mol. The number of nitrogens with one attached hydrogen (secondary N) is 1. The molecule has 0 fully saturated rings. The summed E-state index contributed by atoms with van der Waals surface area (Å²) in [6.45, 7) is 6.30. The summed E-state index contributed by atoms with van der Waals surface area (Å²) in [7, 11) is 0. The second-order valence-corrected chi connectivity index (χ2v) is 6.52. The molecule has 0 bridgehead atoms. The molecule has 4 heteroatoms. The zero-order valence-corrected chi connectivity index (χ0v) is 12.3. The molecule has 92 valence electrons. The van der Waals surface area contributed by atoms with E-state index in [1.807, 2.05) is 0 Å². The predicted molar refractivity (Wildman–Crippen MR) is 73.8 cm³/mol. The first-order valence-electron chi connectivity index (χ1n) is 5.70. The van der Waals surface area contributed by atoms with Gasteiger partial charge in [-0.1, -0.05) is 13.8 Å². The van der Waals surface area contributed by atoms with Crippen LogP contribution in [-0.4, -0.2) is 18.3 Å². The molecule has 0 unspecified atom stereocenters. The number of hydrogen-bond donors (Lipinski definition) is 2. The average molecular weight is 306 g/mol. The van der Waals surface area contributed by atoms with Crippen LogP contribution < -0.4 is 5.32 Å². The van der Waals surface area contributed by atoms with Crippen LogP contribution in [0.5, 0.6) is 0 Å². The van der Waals surface area contributed by atoms with Gasteiger partial charge in [-0.3, -0.25) is 0 Å². The minimum atomic E-state index is 0.0489. The largest absolute Gasteiger partial charge is 0.396 e. The van der Waals surface area contributed by atoms with E-state index in [0.717, 1.165) is 25.9 Å². The van der Waals surface area contributed by atoms with Gasteiger partial charge in [-0.15, -0.1) is 11.3 Å². The average Bonchev–Trinajstić information content (AvgIpc) is 2.71. The number of halogens is 1. The van der Waals surface area contributed by atoms with Crippen LogP contribution in [0.15, 0.2) is 15.2 Å². The highest BCUT2D eigenvalue weighted by Gasteiger charge is 2.24. The van der Waals surface area contributed by atoms with E-state index in [9.17, 15) is 5.11 Å². The van der Waals surface area contributed by atoms with Gasteiger partial charge in [-0.2, -0.15) is 0 Å². The standard InChI is InChI=1S/C12H20BrNOS/c1-3-12(4-2,9-15)8-14-6-10-5-11(13)16-7-10/h5,7,14-15H,3-4,6,8-9H2,1-2H3. The van der Waals surface area contributed by atoms with Crippen molar-refractivity contribution in [3.05, 3.63) is 20.8 Å². The molecule has 0 spiro atoms. The van der Waals surface area contributed by atoms with E-state index in [4.69, 9.17) is 0 Å². The van der Waals surface area contributed by atoms with E-state index in [1.165, 1.54) is 9.35 Å². The maximum atomic E-state index is 9.43. The van der Waals surface area contributed by atoms with Crippen molar-refractivity contribution in [2.75, 3.05) is 13.2 Å². The predicted octanol–water partition coefficient (Wildman–Crippen LogP) is 3.40. The molecule has 0 aliphatic heterocycles. The normalized spacial score (nSPS) is 12.0. The van der Waals surface area contributed by atoms with Gasteiger partial charge in [0.25, 0.3) is 0 Å². The monoisotopic (exact) mass is 305 g/mol. The smallest absolute Gasteiger partial charge is 0.0701 e. The van der Waals surface area contributed by atoms with Gasteiger partial charge in [-0.05, 0) is 45.8 Å². The number of thiophene rings is 1. The fourth-order valence-electron chi connectivity index (χ4n) is 1.69. The van der Waals surface area contributed by atoms with Crippen molar-refractivity contribution in [3.63, 3.8) is 0 Å². The minimum Gasteiger partial charge on any atom is -0.396 e. The molecule has 1 rings (SSSR count). The molecule has 2 N–H and O–H groups in total. The second-order valence-electron chi connectivity index (χ2n) is 4.23. The Hall–Kier alpha value is 0.100. The Labute approximate surface area is 110 Å². The Balaban J connectivity index is 2.39. The Bertz CT molecular complexity index is 301. The molecule has 1 heterocycles. The first-order chi connectivity index (χ1) is 7.65. The number of aliphatic hydroxyl groups excluding tert-OH is 1. The van der Waals surface area contributed by atoms with Gasteiger partial charge in [0.1, 0.15) is 0 Å². The van der Waals surface area contributed by atoms with E-state index >= 15 is 0 Å². The summed E-state index contributed by atoms with van der Waals surface area (Å²) in [6.07, 6.45) is 2.03. The van der Waals surface area contributed by atoms with Crippen LogP contribution in [0, 0.1) is 5.41 Å². The third-order valence-electron chi connectivity index (χ3n) is 3.29. The van der Waals surface area contributed by atoms with Crippen LogP contribution in [0.4, 0.5) is 0 Å². The molecule has 0 saturated heterocycles. The van der Waals surface area contributed by atoms with Crippen LogP contribution in [0.25, 0.3) is 0 Å². The lowest BCUT2D eigenvalue weighted by Gasteiger charge is -2.29. The fourth-order valence-corrected chi connectivity index (χ4v) is 2.90. The summed E-state index contributed by atoms with van der Waals surface area (Å²) >= 11 is 5.16. The summed E-state index contributed by atoms with van der Waals surface area (Å²) in [4.78, 5) is 0. The van der Waals surface area contributed by atoms with Crippen molar-refractivity contribution < 1.29 is 5.11 Å². The molecule has 0 atom stereocenters. The lowest BCUT2D eigenvalue weighted by atomic mass is 9.83. The van der Waals surface area contributed by atoms with Crippen molar-refractivity contribution in [3.8, 4) is 0 Å². The van der Waals surface area contributed by atoms with Crippen LogP contribution in [0.3, 0.4) is 0 Å². The molecule has 1 aromatic heterocycles. The van der Waals surface area contributed by atoms with Gasteiger partial charge in [0.05, 0.1) is 3.79 Å². The molecule has 0 saturated carbocycles. The number of aliphatic hydroxyl groups is 1. The molecule has 0 aromatic carbocycles. The van der Waals surface area contributed by atoms with Gasteiger partial charge in [0, 0.05) is 25.1 Å². The summed E-state index contributed by atoms with van der Waals surface area (Å²) in [6, 6.07) is 2.14. The molecule has 16 heavy (non-hydrogen) atoms. The fraction of sp³-hybridized carbons (Fsp3) is 0.667. The molecule has 0 radical (unpaired) electrons. The highest BCUT2D eigenvalue weighted by Crippen LogP contribution is 2.25. The van der Waals surface area contributed by atoms with Crippen molar-refractivity contribution in [1.82, 2.24) is 5.32 Å². The second kappa shape index (κ2) is 6.74. The third kappa shape index (κ3) is 3.84. The van der Waals surface area contributed by atoms with Crippen molar-refractivity contribution in [2.45, 2.75) is 33.2 Å². The quantitative estimate of drug-likeness (QED) is 0.809. The Morgan fingerprint density at radius 3 is 2.56 bits per heavy atom. The Kier molecular flexibility index (Phi) is 5.97. The van der Waals surface area contributed by atoms with E-state index in [0.29, 0.717) is 0 Å². The summed E-state index contributed by atoms with van der Waals surface area (Å²) in [5.74, 6) is 0. The van der Waals surface area contributed by atoms with E-state index < -0.39 is 0 Å². The van der Waals surface area contributed by atoms with Gasteiger partial charge >= 0.3 is 0 Å². The van der Waals surface area contributed by atoms with Gasteiger partial charge in [0.15, 0.2) is 0 Å². The first-order valence-corrected chi connectivity index (χ1v) is 7.37. The van der Waals surface area contributed by atoms with Gasteiger partial charge < -0.3 is 10.4 Å². The SMILES string of the molecule is CCC(CC)(CO)CNCc1csc(Br)c1. The minimum absolute atomic E-state index is 0.0489. The lowest BCUT2D eigenvalue weighted by molar-refractivity contribution is 0.113. The maximum absolute atomic E-state index is 9.43. The van der Waals surface area contributed by atoms with Crippen LogP contribution in [0.1, 0.15) is 32.3 Å². The summed E-state index contributed by atoms with van der Waals surface area (Å²) in [5.41, 5.74) is 1.35. The van der Waals surface area contributed by atoms with E-state index in [-0.39, 0.29) is 12.0 Å². The van der Waals surface area contributed by atoms with Crippen LogP contribution >= 0.6 is 27.3 Å². The van der Waals surface area contributed by atoms with E-state index in [1.54, 1.807) is 11.3 Å². The van der Waals surface area contributed by atoms with Crippen molar-refractivity contribution in [2.24, 2.45) is 5.41 Å². The lowest BCUT2D eigenvalue weighted by Crippen LogP contribution is -2.36. The summed E-state index contributed by atoms with van der Waals surface area (Å²) < 4.78 is 1.17. The third-order valence-corrected chi connectivity index (χ3v) is 4.84. The molecule has 0 amide bonds. The molecule has 0 aliphatic carbocycles. The summed E-state index contributed by atoms with van der Waals surface area (Å²) in [5, 5.41) is 15.0. The van der Waals surface area contributed by atoms with Crippen LogP contribution in [0.2, 0.25) is 0 Å². The highest BCUT2D eigenvalue weighted by atomic mass is 79.9. The van der Waals surface area contributed by atoms with Crippen molar-refractivity contribution >= 4 is 27.3 Å². The topological polar surface area (TPSA) is 32.3 Å². The van der Waals surface area contributed by atoms with Gasteiger partial charge in [-0.25, -0.2) is 0 Å². The Morgan fingerprint density at radius 2 is 2.12 bits per heavy atom. The van der Waals surface area contributed by atoms with Crippen molar-refractivity contribution in [1.29, 1.82) is 0 Å². The molecular formula is C12H20BrNOS. The van der Waals surface area contributed by atoms with Crippen LogP contribution in [-0.2, 0) is 6.54 Å². The Morgan fingerprint density at radius 1 is 1.44 bits per heavy atom. The zero-order valence-electron chi connectivity index (χ0n) is 9.92. The molecule has 0 aliphatic rings. The van der Waals surface area contributed by atoms with Gasteiger partial charge in [0.2, 0.25) is 0 Å². The van der Waals surface area contributed by atoms with E-state index in [2.05, 4.69) is 46.5 Å².